The van der Waals surface area contributed by atoms with E-state index >= 15 is 0 Å². The first-order valence-electron chi connectivity index (χ1n) is 11.9. The molecule has 1 aliphatic carbocycles. The number of fused-ring (bicyclic) bond motifs is 1. The summed E-state index contributed by atoms with van der Waals surface area (Å²) >= 11 is 0. The van der Waals surface area contributed by atoms with Crippen LogP contribution in [-0.4, -0.2) is 34.2 Å². The van der Waals surface area contributed by atoms with Gasteiger partial charge in [0.25, 0.3) is 11.8 Å². The van der Waals surface area contributed by atoms with Crippen LogP contribution in [0.5, 0.6) is 0 Å². The first-order valence-corrected chi connectivity index (χ1v) is 11.9. The molecule has 8 nitrogen and oxygen atoms in total. The average molecular weight is 469 g/mol. The fourth-order valence-electron chi connectivity index (χ4n) is 4.47. The SMILES string of the molecule is C[C@H]1Cn2ncc(C(=O)Nc3cccc(C#N)c3)c2C(=O)N1c1ccc(CNCC2(C)CC2)cc1. The molecular formula is C27H28N6O2. The third kappa shape index (κ3) is 4.68. The summed E-state index contributed by atoms with van der Waals surface area (Å²) in [5.74, 6) is -0.695. The largest absolute Gasteiger partial charge is 0.322 e. The van der Waals surface area contributed by atoms with E-state index in [9.17, 15) is 9.59 Å². The summed E-state index contributed by atoms with van der Waals surface area (Å²) in [4.78, 5) is 28.3. The average Bonchev–Trinajstić information content (AvgIpc) is 3.42. The molecule has 2 heterocycles. The van der Waals surface area contributed by atoms with E-state index in [4.69, 9.17) is 5.26 Å². The molecule has 1 fully saturated rings. The van der Waals surface area contributed by atoms with Crippen LogP contribution in [0.1, 0.15) is 58.7 Å². The van der Waals surface area contributed by atoms with Crippen LogP contribution in [0.15, 0.2) is 54.7 Å². The number of amides is 2. The van der Waals surface area contributed by atoms with Crippen LogP contribution in [0.4, 0.5) is 11.4 Å². The summed E-state index contributed by atoms with van der Waals surface area (Å²) in [7, 11) is 0. The highest BCUT2D eigenvalue weighted by Gasteiger charge is 2.37. The van der Waals surface area contributed by atoms with Gasteiger partial charge in [0.1, 0.15) is 5.69 Å². The van der Waals surface area contributed by atoms with Crippen LogP contribution < -0.4 is 15.5 Å². The van der Waals surface area contributed by atoms with Gasteiger partial charge in [-0.1, -0.05) is 25.1 Å². The number of anilines is 2. The molecular weight excluding hydrogens is 440 g/mol. The van der Waals surface area contributed by atoms with Crippen molar-refractivity contribution in [1.82, 2.24) is 15.1 Å². The maximum Gasteiger partial charge on any atom is 0.277 e. The van der Waals surface area contributed by atoms with E-state index in [-0.39, 0.29) is 23.2 Å². The number of benzene rings is 2. The molecule has 35 heavy (non-hydrogen) atoms. The maximum absolute atomic E-state index is 13.6. The molecule has 0 radical (unpaired) electrons. The molecule has 8 heteroatoms. The molecule has 2 aromatic carbocycles. The Morgan fingerprint density at radius 3 is 2.71 bits per heavy atom. The van der Waals surface area contributed by atoms with Crippen molar-refractivity contribution in [2.75, 3.05) is 16.8 Å². The number of nitrogens with zero attached hydrogens (tertiary/aromatic N) is 4. The molecule has 1 aliphatic heterocycles. The van der Waals surface area contributed by atoms with Crippen molar-refractivity contribution in [3.63, 3.8) is 0 Å². The van der Waals surface area contributed by atoms with Gasteiger partial charge in [0, 0.05) is 24.5 Å². The zero-order valence-electron chi connectivity index (χ0n) is 19.9. The van der Waals surface area contributed by atoms with Crippen molar-refractivity contribution in [1.29, 1.82) is 5.26 Å². The minimum Gasteiger partial charge on any atom is -0.322 e. The van der Waals surface area contributed by atoms with Crippen molar-refractivity contribution < 1.29 is 9.59 Å². The van der Waals surface area contributed by atoms with E-state index in [1.54, 1.807) is 33.8 Å². The minimum atomic E-state index is -0.435. The summed E-state index contributed by atoms with van der Waals surface area (Å²) in [6.07, 6.45) is 4.01. The van der Waals surface area contributed by atoms with Crippen molar-refractivity contribution in [2.24, 2.45) is 5.41 Å². The highest BCUT2D eigenvalue weighted by atomic mass is 16.2. The lowest BCUT2D eigenvalue weighted by Gasteiger charge is -2.34. The van der Waals surface area contributed by atoms with Crippen LogP contribution in [0.25, 0.3) is 0 Å². The number of carbonyl (C=O) groups is 2. The monoisotopic (exact) mass is 468 g/mol. The molecule has 2 amide bonds. The van der Waals surface area contributed by atoms with E-state index in [2.05, 4.69) is 28.7 Å². The van der Waals surface area contributed by atoms with Gasteiger partial charge in [0.2, 0.25) is 0 Å². The van der Waals surface area contributed by atoms with E-state index in [0.717, 1.165) is 18.8 Å². The highest BCUT2D eigenvalue weighted by molar-refractivity contribution is 6.15. The molecule has 1 saturated carbocycles. The zero-order chi connectivity index (χ0) is 24.6. The predicted molar refractivity (Wildman–Crippen MR) is 133 cm³/mol. The standard InChI is InChI=1S/C27H28N6O2/c1-18-16-32-24(23(15-30-32)25(34)31-21-5-3-4-20(12-21)13-28)26(35)33(18)22-8-6-19(7-9-22)14-29-17-27(2)10-11-27/h3-9,12,15,18,29H,10-11,14,16-17H2,1-2H3,(H,31,34)/t18-/m0/s1. The fourth-order valence-corrected chi connectivity index (χ4v) is 4.47. The Balaban J connectivity index is 1.33. The van der Waals surface area contributed by atoms with E-state index in [1.807, 2.05) is 31.2 Å². The molecule has 5 rings (SSSR count). The Kier molecular flexibility index (Phi) is 5.87. The number of carbonyl (C=O) groups excluding carboxylic acids is 2. The smallest absolute Gasteiger partial charge is 0.277 e. The molecule has 1 atom stereocenters. The fraction of sp³-hybridized carbons (Fsp3) is 0.333. The molecule has 1 aromatic heterocycles. The number of rotatable bonds is 7. The van der Waals surface area contributed by atoms with Gasteiger partial charge in [0.15, 0.2) is 0 Å². The summed E-state index contributed by atoms with van der Waals surface area (Å²) in [5, 5.41) is 19.7. The Bertz CT molecular complexity index is 1320. The van der Waals surface area contributed by atoms with Crippen LogP contribution in [0, 0.1) is 16.7 Å². The first-order chi connectivity index (χ1) is 16.9. The molecule has 0 saturated heterocycles. The summed E-state index contributed by atoms with van der Waals surface area (Å²) < 4.78 is 1.60. The molecule has 178 valence electrons. The number of nitriles is 1. The third-order valence-electron chi connectivity index (χ3n) is 6.83. The van der Waals surface area contributed by atoms with Crippen LogP contribution in [0.3, 0.4) is 0 Å². The molecule has 0 spiro atoms. The summed E-state index contributed by atoms with van der Waals surface area (Å²) in [6, 6.07) is 16.6. The lowest BCUT2D eigenvalue weighted by molar-refractivity contribution is 0.0933. The second kappa shape index (κ2) is 9.01. The lowest BCUT2D eigenvalue weighted by atomic mass is 10.1. The van der Waals surface area contributed by atoms with Crippen LogP contribution >= 0.6 is 0 Å². The second-order valence-electron chi connectivity index (χ2n) is 9.84. The highest BCUT2D eigenvalue weighted by Crippen LogP contribution is 2.44. The molecule has 0 unspecified atom stereocenters. The Morgan fingerprint density at radius 1 is 1.23 bits per heavy atom. The lowest BCUT2D eigenvalue weighted by Crippen LogP contribution is -2.47. The van der Waals surface area contributed by atoms with Gasteiger partial charge in [-0.2, -0.15) is 10.4 Å². The quantitative estimate of drug-likeness (QED) is 0.547. The summed E-state index contributed by atoms with van der Waals surface area (Å²) in [5.41, 5.74) is 3.82. The van der Waals surface area contributed by atoms with E-state index in [1.165, 1.54) is 24.6 Å². The minimum absolute atomic E-state index is 0.114. The van der Waals surface area contributed by atoms with Gasteiger partial charge in [-0.15, -0.1) is 0 Å². The van der Waals surface area contributed by atoms with Gasteiger partial charge in [-0.25, -0.2) is 0 Å². The van der Waals surface area contributed by atoms with Crippen molar-refractivity contribution in [3.05, 3.63) is 77.1 Å². The van der Waals surface area contributed by atoms with Crippen LogP contribution in [-0.2, 0) is 13.1 Å². The second-order valence-corrected chi connectivity index (χ2v) is 9.84. The normalized spacial score (nSPS) is 18.0. The molecule has 2 N–H and O–H groups in total. The number of nitrogens with one attached hydrogen (secondary N) is 2. The maximum atomic E-state index is 13.6. The van der Waals surface area contributed by atoms with Gasteiger partial charge in [-0.3, -0.25) is 14.3 Å². The van der Waals surface area contributed by atoms with Gasteiger partial charge < -0.3 is 15.5 Å². The summed E-state index contributed by atoms with van der Waals surface area (Å²) in [6.45, 7) is 6.58. The van der Waals surface area contributed by atoms with E-state index in [0.29, 0.717) is 23.2 Å². The van der Waals surface area contributed by atoms with Gasteiger partial charge >= 0.3 is 0 Å². The van der Waals surface area contributed by atoms with Gasteiger partial charge in [-0.05, 0) is 61.1 Å². The predicted octanol–water partition coefficient (Wildman–Crippen LogP) is 3.95. The molecule has 0 bridgehead atoms. The molecule has 2 aliphatic rings. The molecule has 3 aromatic rings. The Labute approximate surface area is 204 Å². The Morgan fingerprint density at radius 2 is 2.00 bits per heavy atom. The topological polar surface area (TPSA) is 103 Å². The van der Waals surface area contributed by atoms with Crippen LogP contribution in [0.2, 0.25) is 0 Å². The number of hydrogen-bond donors (Lipinski definition) is 2. The number of hydrogen-bond acceptors (Lipinski definition) is 5. The first kappa shape index (κ1) is 22.8. The number of aromatic nitrogens is 2. The van der Waals surface area contributed by atoms with Gasteiger partial charge in [0.05, 0.1) is 36.0 Å². The van der Waals surface area contributed by atoms with Crippen molar-refractivity contribution >= 4 is 23.2 Å². The Hall–Kier alpha value is -3.96. The van der Waals surface area contributed by atoms with Crippen molar-refractivity contribution in [2.45, 2.75) is 45.8 Å². The van der Waals surface area contributed by atoms with E-state index < -0.39 is 5.91 Å². The third-order valence-corrected chi connectivity index (χ3v) is 6.83. The van der Waals surface area contributed by atoms with Crippen molar-refractivity contribution in [3.8, 4) is 6.07 Å². The zero-order valence-corrected chi connectivity index (χ0v) is 19.9.